The van der Waals surface area contributed by atoms with Gasteiger partial charge in [-0.2, -0.15) is 0 Å². The maximum absolute atomic E-state index is 12.2. The third-order valence-electron chi connectivity index (χ3n) is 3.93. The van der Waals surface area contributed by atoms with Crippen molar-refractivity contribution < 1.29 is 8.42 Å². The number of nitrogens with one attached hydrogen (secondary N) is 1. The van der Waals surface area contributed by atoms with Crippen LogP contribution in [-0.2, 0) is 10.0 Å². The minimum atomic E-state index is -3.39. The molecule has 1 N–H and O–H groups in total. The molecule has 1 fully saturated rings. The molecular formula is C14H20BrNO2S. The monoisotopic (exact) mass is 345 g/mol. The van der Waals surface area contributed by atoms with Gasteiger partial charge in [-0.25, -0.2) is 13.1 Å². The van der Waals surface area contributed by atoms with Gasteiger partial charge in [0.05, 0.1) is 4.90 Å². The average molecular weight is 346 g/mol. The Morgan fingerprint density at radius 1 is 1.32 bits per heavy atom. The second-order valence-electron chi connectivity index (χ2n) is 5.33. The standard InChI is InChI=1S/C14H20BrNO2S/c1-11-5-2-3-6-12(11)10-16-19(17,18)14-8-4-7-13(15)9-14/h4,7-9,11-12,16H,2-3,5-6,10H2,1H3. The van der Waals surface area contributed by atoms with Gasteiger partial charge in [-0.05, 0) is 36.5 Å². The fourth-order valence-electron chi connectivity index (χ4n) is 2.63. The first-order valence-electron chi connectivity index (χ1n) is 6.74. The SMILES string of the molecule is CC1CCCCC1CNS(=O)(=O)c1cccc(Br)c1. The van der Waals surface area contributed by atoms with Crippen LogP contribution in [0, 0.1) is 11.8 Å². The molecule has 0 aromatic heterocycles. The molecule has 106 valence electrons. The Hall–Kier alpha value is -0.390. The molecule has 0 radical (unpaired) electrons. The van der Waals surface area contributed by atoms with Crippen LogP contribution in [-0.4, -0.2) is 15.0 Å². The van der Waals surface area contributed by atoms with Crippen LogP contribution in [0.1, 0.15) is 32.6 Å². The predicted molar refractivity (Wildman–Crippen MR) is 80.5 cm³/mol. The van der Waals surface area contributed by atoms with Crippen LogP contribution < -0.4 is 4.72 Å². The molecule has 1 aliphatic carbocycles. The maximum atomic E-state index is 12.2. The molecule has 0 amide bonds. The van der Waals surface area contributed by atoms with E-state index in [0.29, 0.717) is 23.3 Å². The minimum Gasteiger partial charge on any atom is -0.211 e. The molecular weight excluding hydrogens is 326 g/mol. The maximum Gasteiger partial charge on any atom is 0.240 e. The normalized spacial score (nSPS) is 24.3. The molecule has 1 aliphatic rings. The van der Waals surface area contributed by atoms with Gasteiger partial charge in [-0.15, -0.1) is 0 Å². The number of hydrogen-bond donors (Lipinski definition) is 1. The van der Waals surface area contributed by atoms with Crippen LogP contribution in [0.3, 0.4) is 0 Å². The van der Waals surface area contributed by atoms with Gasteiger partial charge >= 0.3 is 0 Å². The van der Waals surface area contributed by atoms with E-state index in [1.807, 2.05) is 6.07 Å². The number of halogens is 1. The molecule has 0 spiro atoms. The van der Waals surface area contributed by atoms with E-state index in [1.165, 1.54) is 19.3 Å². The topological polar surface area (TPSA) is 46.2 Å². The zero-order valence-electron chi connectivity index (χ0n) is 11.1. The highest BCUT2D eigenvalue weighted by molar-refractivity contribution is 9.10. The summed E-state index contributed by atoms with van der Waals surface area (Å²) in [5, 5.41) is 0. The summed E-state index contributed by atoms with van der Waals surface area (Å²) in [5.41, 5.74) is 0. The third-order valence-corrected chi connectivity index (χ3v) is 5.85. The van der Waals surface area contributed by atoms with Crippen molar-refractivity contribution in [3.63, 3.8) is 0 Å². The Morgan fingerprint density at radius 3 is 2.74 bits per heavy atom. The highest BCUT2D eigenvalue weighted by Crippen LogP contribution is 2.29. The fraction of sp³-hybridized carbons (Fsp3) is 0.571. The van der Waals surface area contributed by atoms with Gasteiger partial charge in [-0.1, -0.05) is 48.2 Å². The van der Waals surface area contributed by atoms with E-state index in [-0.39, 0.29) is 0 Å². The van der Waals surface area contributed by atoms with Crippen molar-refractivity contribution in [1.29, 1.82) is 0 Å². The first-order valence-corrected chi connectivity index (χ1v) is 9.02. The lowest BCUT2D eigenvalue weighted by atomic mass is 9.81. The molecule has 3 nitrogen and oxygen atoms in total. The van der Waals surface area contributed by atoms with Gasteiger partial charge in [0.1, 0.15) is 0 Å². The summed E-state index contributed by atoms with van der Waals surface area (Å²) >= 11 is 3.30. The molecule has 1 aromatic rings. The van der Waals surface area contributed by atoms with E-state index in [2.05, 4.69) is 27.6 Å². The number of benzene rings is 1. The Balaban J connectivity index is 2.01. The summed E-state index contributed by atoms with van der Waals surface area (Å²) in [6.07, 6.45) is 4.83. The summed E-state index contributed by atoms with van der Waals surface area (Å²) in [6.45, 7) is 2.77. The summed E-state index contributed by atoms with van der Waals surface area (Å²) < 4.78 is 27.9. The summed E-state index contributed by atoms with van der Waals surface area (Å²) in [7, 11) is -3.39. The van der Waals surface area contributed by atoms with Gasteiger partial charge in [0.25, 0.3) is 0 Å². The van der Waals surface area contributed by atoms with Crippen molar-refractivity contribution in [2.75, 3.05) is 6.54 Å². The molecule has 5 heteroatoms. The number of sulfonamides is 1. The van der Waals surface area contributed by atoms with Gasteiger partial charge < -0.3 is 0 Å². The van der Waals surface area contributed by atoms with Crippen LogP contribution in [0.4, 0.5) is 0 Å². The van der Waals surface area contributed by atoms with E-state index in [9.17, 15) is 8.42 Å². The van der Waals surface area contributed by atoms with E-state index in [0.717, 1.165) is 10.9 Å². The van der Waals surface area contributed by atoms with E-state index in [4.69, 9.17) is 0 Å². The van der Waals surface area contributed by atoms with Crippen molar-refractivity contribution in [2.45, 2.75) is 37.5 Å². The van der Waals surface area contributed by atoms with Crippen LogP contribution in [0.2, 0.25) is 0 Å². The van der Waals surface area contributed by atoms with Crippen molar-refractivity contribution in [3.8, 4) is 0 Å². The number of hydrogen-bond acceptors (Lipinski definition) is 2. The van der Waals surface area contributed by atoms with Crippen LogP contribution in [0.25, 0.3) is 0 Å². The molecule has 2 rings (SSSR count). The van der Waals surface area contributed by atoms with Crippen molar-refractivity contribution in [1.82, 2.24) is 4.72 Å². The molecule has 1 saturated carbocycles. The first-order chi connectivity index (χ1) is 8.99. The Morgan fingerprint density at radius 2 is 2.05 bits per heavy atom. The lowest BCUT2D eigenvalue weighted by Gasteiger charge is -2.28. The molecule has 0 saturated heterocycles. The smallest absolute Gasteiger partial charge is 0.211 e. The Kier molecular flexibility index (Phi) is 5.03. The molecule has 2 unspecified atom stereocenters. The van der Waals surface area contributed by atoms with Crippen molar-refractivity contribution in [2.24, 2.45) is 11.8 Å². The molecule has 0 heterocycles. The molecule has 19 heavy (non-hydrogen) atoms. The zero-order chi connectivity index (χ0) is 13.9. The predicted octanol–water partition coefficient (Wildman–Crippen LogP) is 3.55. The minimum absolute atomic E-state index is 0.324. The van der Waals surface area contributed by atoms with Crippen LogP contribution in [0.5, 0.6) is 0 Å². The first kappa shape index (κ1) is 15.0. The van der Waals surface area contributed by atoms with Crippen molar-refractivity contribution in [3.05, 3.63) is 28.7 Å². The lowest BCUT2D eigenvalue weighted by Crippen LogP contribution is -2.33. The molecule has 1 aromatic carbocycles. The highest BCUT2D eigenvalue weighted by Gasteiger charge is 2.23. The Labute approximate surface area is 124 Å². The van der Waals surface area contributed by atoms with Crippen LogP contribution >= 0.6 is 15.9 Å². The average Bonchev–Trinajstić information content (AvgIpc) is 2.38. The highest BCUT2D eigenvalue weighted by atomic mass is 79.9. The molecule has 2 atom stereocenters. The van der Waals surface area contributed by atoms with Crippen LogP contribution in [0.15, 0.2) is 33.6 Å². The summed E-state index contributed by atoms with van der Waals surface area (Å²) in [6, 6.07) is 6.81. The molecule has 0 aliphatic heterocycles. The quantitative estimate of drug-likeness (QED) is 0.906. The zero-order valence-corrected chi connectivity index (χ0v) is 13.5. The second kappa shape index (κ2) is 6.37. The lowest BCUT2D eigenvalue weighted by molar-refractivity contribution is 0.257. The Bertz CT molecular complexity index is 530. The third kappa shape index (κ3) is 4.04. The van der Waals surface area contributed by atoms with E-state index in [1.54, 1.807) is 18.2 Å². The van der Waals surface area contributed by atoms with Gasteiger partial charge in [0.15, 0.2) is 0 Å². The summed E-state index contributed by atoms with van der Waals surface area (Å²) in [5.74, 6) is 1.08. The van der Waals surface area contributed by atoms with Crippen molar-refractivity contribution >= 4 is 26.0 Å². The molecule has 0 bridgehead atoms. The second-order valence-corrected chi connectivity index (χ2v) is 8.01. The summed E-state index contributed by atoms with van der Waals surface area (Å²) in [4.78, 5) is 0.324. The largest absolute Gasteiger partial charge is 0.240 e. The van der Waals surface area contributed by atoms with Gasteiger partial charge in [0, 0.05) is 11.0 Å². The van der Waals surface area contributed by atoms with E-state index < -0.39 is 10.0 Å². The van der Waals surface area contributed by atoms with Gasteiger partial charge in [-0.3, -0.25) is 0 Å². The fourth-order valence-corrected chi connectivity index (χ4v) is 4.32. The number of rotatable bonds is 4. The van der Waals surface area contributed by atoms with E-state index >= 15 is 0 Å². The van der Waals surface area contributed by atoms with Gasteiger partial charge in [0.2, 0.25) is 10.0 Å².